The van der Waals surface area contributed by atoms with Crippen molar-refractivity contribution >= 4 is 33.4 Å². The van der Waals surface area contributed by atoms with E-state index in [4.69, 9.17) is 0 Å². The Morgan fingerprint density at radius 2 is 1.81 bits per heavy atom. The van der Waals surface area contributed by atoms with Gasteiger partial charge >= 0.3 is 0 Å². The number of Topliss-reactive ketones (excluding diaryl/α,β-unsaturated/α-hetero) is 1. The number of aliphatic hydroxyl groups excluding tert-OH is 1. The van der Waals surface area contributed by atoms with Gasteiger partial charge in [-0.1, -0.05) is 45.8 Å². The molecule has 0 spiro atoms. The third-order valence-electron chi connectivity index (χ3n) is 5.45. The lowest BCUT2D eigenvalue weighted by Gasteiger charge is -2.25. The molecule has 1 unspecified atom stereocenters. The first-order chi connectivity index (χ1) is 14.9. The van der Waals surface area contributed by atoms with E-state index in [2.05, 4.69) is 20.9 Å². The maximum Gasteiger partial charge on any atom is 0.295 e. The lowest BCUT2D eigenvalue weighted by Crippen LogP contribution is -2.29. The Morgan fingerprint density at radius 3 is 2.52 bits per heavy atom. The first-order valence-electron chi connectivity index (χ1n) is 9.87. The van der Waals surface area contributed by atoms with Crippen molar-refractivity contribution < 1.29 is 14.7 Å². The van der Waals surface area contributed by atoms with Gasteiger partial charge in [0, 0.05) is 29.0 Å². The maximum absolute atomic E-state index is 13.2. The zero-order valence-electron chi connectivity index (χ0n) is 17.2. The van der Waals surface area contributed by atoms with Crippen LogP contribution in [-0.4, -0.2) is 26.7 Å². The number of rotatable bonds is 4. The van der Waals surface area contributed by atoms with Gasteiger partial charge in [-0.05, 0) is 60.9 Å². The summed E-state index contributed by atoms with van der Waals surface area (Å²) < 4.78 is 0.825. The van der Waals surface area contributed by atoms with Crippen LogP contribution in [0.1, 0.15) is 33.9 Å². The Balaban J connectivity index is 1.91. The Morgan fingerprint density at radius 1 is 1.06 bits per heavy atom. The summed E-state index contributed by atoms with van der Waals surface area (Å²) in [5.74, 6) is -1.46. The normalized spacial score (nSPS) is 17.9. The van der Waals surface area contributed by atoms with Crippen LogP contribution in [0.25, 0.3) is 5.76 Å². The number of hydrogen-bond donors (Lipinski definition) is 1. The Kier molecular flexibility index (Phi) is 5.74. The van der Waals surface area contributed by atoms with Crippen LogP contribution in [0.5, 0.6) is 0 Å². The van der Waals surface area contributed by atoms with Gasteiger partial charge in [-0.15, -0.1) is 0 Å². The molecule has 0 saturated carbocycles. The summed E-state index contributed by atoms with van der Waals surface area (Å²) in [6.07, 6.45) is 3.30. The summed E-state index contributed by atoms with van der Waals surface area (Å²) in [5, 5.41) is 11.3. The maximum atomic E-state index is 13.2. The van der Waals surface area contributed by atoms with Gasteiger partial charge in [0.15, 0.2) is 0 Å². The number of ketones is 1. The third-order valence-corrected chi connectivity index (χ3v) is 5.95. The van der Waals surface area contributed by atoms with Gasteiger partial charge in [0.25, 0.3) is 11.7 Å². The minimum Gasteiger partial charge on any atom is -0.507 e. The summed E-state index contributed by atoms with van der Waals surface area (Å²) >= 11 is 3.47. The molecule has 1 aliphatic rings. The Labute approximate surface area is 189 Å². The fourth-order valence-corrected chi connectivity index (χ4v) is 4.30. The molecule has 3 aromatic rings. The molecule has 2 aromatic carbocycles. The molecule has 1 saturated heterocycles. The van der Waals surface area contributed by atoms with Crippen molar-refractivity contribution in [3.8, 4) is 0 Å². The summed E-state index contributed by atoms with van der Waals surface area (Å²) in [6, 6.07) is 16.0. The summed E-state index contributed by atoms with van der Waals surface area (Å²) in [7, 11) is 0. The predicted molar refractivity (Wildman–Crippen MR) is 122 cm³/mol. The molecule has 0 radical (unpaired) electrons. The van der Waals surface area contributed by atoms with Crippen molar-refractivity contribution in [2.75, 3.05) is 0 Å². The Bertz CT molecular complexity index is 1200. The van der Waals surface area contributed by atoms with Crippen molar-refractivity contribution in [1.29, 1.82) is 0 Å². The van der Waals surface area contributed by atoms with Crippen molar-refractivity contribution in [1.82, 2.24) is 9.88 Å². The average Bonchev–Trinajstić information content (AvgIpc) is 3.00. The molecule has 2 heterocycles. The van der Waals surface area contributed by atoms with Crippen LogP contribution in [-0.2, 0) is 16.1 Å². The molecule has 1 aliphatic heterocycles. The Hall–Kier alpha value is -3.25. The van der Waals surface area contributed by atoms with E-state index in [9.17, 15) is 14.7 Å². The number of aryl methyl sites for hydroxylation is 2. The molecule has 1 atom stereocenters. The highest BCUT2D eigenvalue weighted by atomic mass is 79.9. The number of halogens is 1. The average molecular weight is 477 g/mol. The van der Waals surface area contributed by atoms with E-state index in [1.165, 1.54) is 4.90 Å². The zero-order chi connectivity index (χ0) is 22.1. The highest BCUT2D eigenvalue weighted by Crippen LogP contribution is 2.41. The molecule has 156 valence electrons. The van der Waals surface area contributed by atoms with Gasteiger partial charge in [0.2, 0.25) is 0 Å². The van der Waals surface area contributed by atoms with E-state index in [1.54, 1.807) is 12.4 Å². The molecule has 1 amide bonds. The monoisotopic (exact) mass is 476 g/mol. The minimum atomic E-state index is -0.703. The first-order valence-corrected chi connectivity index (χ1v) is 10.7. The molecule has 6 heteroatoms. The second-order valence-corrected chi connectivity index (χ2v) is 8.57. The molecule has 1 fully saturated rings. The SMILES string of the molecule is Cc1ccc(C)c(C(O)=C2C(=O)C(=O)N(Cc3ccncc3)C2c2cccc(Br)c2)c1. The summed E-state index contributed by atoms with van der Waals surface area (Å²) in [6.45, 7) is 4.02. The van der Waals surface area contributed by atoms with Gasteiger partial charge in [-0.2, -0.15) is 0 Å². The largest absolute Gasteiger partial charge is 0.507 e. The standard InChI is InChI=1S/C25H21BrN2O3/c1-15-6-7-16(2)20(12-15)23(29)21-22(18-4-3-5-19(26)13-18)28(25(31)24(21)30)14-17-8-10-27-11-9-17/h3-13,22,29H,14H2,1-2H3. The van der Waals surface area contributed by atoms with Gasteiger partial charge in [-0.3, -0.25) is 14.6 Å². The second kappa shape index (κ2) is 8.47. The number of carbonyl (C=O) groups excluding carboxylic acids is 2. The van der Waals surface area contributed by atoms with Crippen LogP contribution in [0.4, 0.5) is 0 Å². The number of likely N-dealkylation sites (tertiary alicyclic amines) is 1. The van der Waals surface area contributed by atoms with E-state index in [-0.39, 0.29) is 17.9 Å². The fourth-order valence-electron chi connectivity index (χ4n) is 3.89. The number of nitrogens with zero attached hydrogens (tertiary/aromatic N) is 2. The van der Waals surface area contributed by atoms with E-state index in [0.29, 0.717) is 5.56 Å². The highest BCUT2D eigenvalue weighted by molar-refractivity contribution is 9.10. The molecule has 31 heavy (non-hydrogen) atoms. The van der Waals surface area contributed by atoms with E-state index in [1.807, 2.05) is 68.4 Å². The molecular weight excluding hydrogens is 456 g/mol. The van der Waals surface area contributed by atoms with Gasteiger partial charge < -0.3 is 10.0 Å². The van der Waals surface area contributed by atoms with E-state index >= 15 is 0 Å². The van der Waals surface area contributed by atoms with Crippen LogP contribution in [0.3, 0.4) is 0 Å². The molecule has 1 N–H and O–H groups in total. The number of benzene rings is 2. The van der Waals surface area contributed by atoms with Crippen LogP contribution in [0.2, 0.25) is 0 Å². The van der Waals surface area contributed by atoms with Crippen LogP contribution in [0, 0.1) is 13.8 Å². The summed E-state index contributed by atoms with van der Waals surface area (Å²) in [5.41, 5.74) is 4.04. The molecule has 0 bridgehead atoms. The minimum absolute atomic E-state index is 0.103. The molecule has 5 nitrogen and oxygen atoms in total. The smallest absolute Gasteiger partial charge is 0.295 e. The number of carbonyl (C=O) groups is 2. The fraction of sp³-hybridized carbons (Fsp3) is 0.160. The van der Waals surface area contributed by atoms with Crippen LogP contribution < -0.4 is 0 Å². The number of pyridine rings is 1. The number of aliphatic hydroxyl groups is 1. The van der Waals surface area contributed by atoms with Gasteiger partial charge in [0.1, 0.15) is 5.76 Å². The number of amides is 1. The topological polar surface area (TPSA) is 70.5 Å². The molecule has 4 rings (SSSR count). The summed E-state index contributed by atoms with van der Waals surface area (Å²) in [4.78, 5) is 31.8. The van der Waals surface area contributed by atoms with E-state index < -0.39 is 17.7 Å². The van der Waals surface area contributed by atoms with Crippen LogP contribution in [0.15, 0.2) is 77.0 Å². The van der Waals surface area contributed by atoms with Crippen molar-refractivity contribution in [2.45, 2.75) is 26.4 Å². The van der Waals surface area contributed by atoms with Gasteiger partial charge in [-0.25, -0.2) is 0 Å². The number of hydrogen-bond acceptors (Lipinski definition) is 4. The van der Waals surface area contributed by atoms with Gasteiger partial charge in [0.05, 0.1) is 11.6 Å². The van der Waals surface area contributed by atoms with Crippen LogP contribution >= 0.6 is 15.9 Å². The zero-order valence-corrected chi connectivity index (χ0v) is 18.8. The molecule has 1 aromatic heterocycles. The number of aromatic nitrogens is 1. The lowest BCUT2D eigenvalue weighted by molar-refractivity contribution is -0.140. The van der Waals surface area contributed by atoms with Crippen molar-refractivity contribution in [3.05, 3.63) is 105 Å². The van der Waals surface area contributed by atoms with Crippen molar-refractivity contribution in [2.24, 2.45) is 0 Å². The molecular formula is C25H21BrN2O3. The predicted octanol–water partition coefficient (Wildman–Crippen LogP) is 5.08. The van der Waals surface area contributed by atoms with E-state index in [0.717, 1.165) is 26.7 Å². The highest BCUT2D eigenvalue weighted by Gasteiger charge is 2.46. The third kappa shape index (κ3) is 4.03. The molecule has 0 aliphatic carbocycles. The second-order valence-electron chi connectivity index (χ2n) is 7.66. The quantitative estimate of drug-likeness (QED) is 0.323. The van der Waals surface area contributed by atoms with Crippen molar-refractivity contribution in [3.63, 3.8) is 0 Å². The lowest BCUT2D eigenvalue weighted by atomic mass is 9.93. The first kappa shape index (κ1) is 21.0.